The van der Waals surface area contributed by atoms with Crippen LogP contribution in [0.5, 0.6) is 0 Å². The second-order valence-corrected chi connectivity index (χ2v) is 17.9. The molecule has 12 aromatic rings. The average molecular weight is 873 g/mol. The summed E-state index contributed by atoms with van der Waals surface area (Å²) in [4.78, 5) is 15.8. The lowest BCUT2D eigenvalue weighted by Crippen LogP contribution is -2.04. The monoisotopic (exact) mass is 872 g/mol. The molecule has 0 radical (unpaired) electrons. The van der Waals surface area contributed by atoms with Gasteiger partial charge in [-0.05, 0) is 135 Å². The number of nitrogens with zero attached hydrogens (tertiary/aromatic N) is 6. The van der Waals surface area contributed by atoms with Gasteiger partial charge in [-0.15, -0.1) is 0 Å². The van der Waals surface area contributed by atoms with Gasteiger partial charge in [0.2, 0.25) is 0 Å². The molecule has 0 amide bonds. The van der Waals surface area contributed by atoms with Crippen LogP contribution >= 0.6 is 0 Å². The molecule has 0 saturated carbocycles. The zero-order valence-corrected chi connectivity index (χ0v) is 38.2. The first-order valence-electron chi connectivity index (χ1n) is 23.0. The maximum atomic E-state index is 10.0. The second-order valence-electron chi connectivity index (χ2n) is 17.9. The summed E-state index contributed by atoms with van der Waals surface area (Å²) in [5, 5.41) is 14.9. The molecule has 3 aromatic heterocycles. The van der Waals surface area contributed by atoms with Gasteiger partial charge in [-0.1, -0.05) is 125 Å². The Balaban J connectivity index is 1.22. The predicted molar refractivity (Wildman–Crippen MR) is 279 cm³/mol. The Morgan fingerprint density at radius 3 is 1.34 bits per heavy atom. The van der Waals surface area contributed by atoms with Gasteiger partial charge in [0.1, 0.15) is 0 Å². The molecule has 0 aliphatic rings. The molecule has 0 unspecified atom stereocenters. The molecule has 6 heteroatoms. The van der Waals surface area contributed by atoms with Crippen molar-refractivity contribution in [2.75, 3.05) is 0 Å². The van der Waals surface area contributed by atoms with Crippen molar-refractivity contribution in [2.24, 2.45) is 0 Å². The molecule has 0 N–H and O–H groups in total. The van der Waals surface area contributed by atoms with E-state index < -0.39 is 0 Å². The molecule has 0 saturated heterocycles. The SMILES string of the molecule is Cc1ccc2c(c1)c1cc(C)ccc1n2-c1ccc(-c2nc(-c3ccccc3)nc(-c3ccccc3)n2)c(-c2cc(-c3cccc(C#N)c3)ccc2-n2c3ccc(C)cc3c3cc(C)ccc32)c1. The first kappa shape index (κ1) is 40.6. The number of hydrogen-bond donors (Lipinski definition) is 0. The van der Waals surface area contributed by atoms with Crippen LogP contribution in [0.4, 0.5) is 0 Å². The number of nitriles is 1. The highest BCUT2D eigenvalue weighted by Gasteiger charge is 2.23. The van der Waals surface area contributed by atoms with Crippen LogP contribution in [0, 0.1) is 39.0 Å². The molecule has 68 heavy (non-hydrogen) atoms. The average Bonchev–Trinajstić information content (AvgIpc) is 3.87. The van der Waals surface area contributed by atoms with Gasteiger partial charge in [0.05, 0.1) is 39.4 Å². The minimum Gasteiger partial charge on any atom is -0.309 e. The zero-order chi connectivity index (χ0) is 46.0. The van der Waals surface area contributed by atoms with Gasteiger partial charge in [0, 0.05) is 49.5 Å². The lowest BCUT2D eigenvalue weighted by Gasteiger charge is -2.20. The molecule has 6 nitrogen and oxygen atoms in total. The molecule has 3 heterocycles. The number of rotatable bonds is 7. The van der Waals surface area contributed by atoms with E-state index >= 15 is 0 Å². The van der Waals surface area contributed by atoms with E-state index in [9.17, 15) is 5.26 Å². The molecule has 0 aliphatic heterocycles. The Morgan fingerprint density at radius 2 is 0.824 bits per heavy atom. The van der Waals surface area contributed by atoms with Crippen molar-refractivity contribution in [2.45, 2.75) is 27.7 Å². The Labute approximate surface area is 394 Å². The maximum Gasteiger partial charge on any atom is 0.164 e. The Morgan fingerprint density at radius 1 is 0.353 bits per heavy atom. The van der Waals surface area contributed by atoms with Crippen molar-refractivity contribution in [1.82, 2.24) is 24.1 Å². The summed E-state index contributed by atoms with van der Waals surface area (Å²) in [5.41, 5.74) is 18.5. The molecule has 9 aromatic carbocycles. The summed E-state index contributed by atoms with van der Waals surface area (Å²) < 4.78 is 4.80. The van der Waals surface area contributed by atoms with Crippen molar-refractivity contribution in [3.8, 4) is 73.9 Å². The molecule has 0 bridgehead atoms. The molecular formula is C62H44N6. The minimum atomic E-state index is 0.559. The molecule has 0 atom stereocenters. The molecular weight excluding hydrogens is 829 g/mol. The van der Waals surface area contributed by atoms with Gasteiger partial charge < -0.3 is 9.13 Å². The van der Waals surface area contributed by atoms with Gasteiger partial charge in [0.25, 0.3) is 0 Å². The van der Waals surface area contributed by atoms with E-state index in [-0.39, 0.29) is 0 Å². The predicted octanol–water partition coefficient (Wildman–Crippen LogP) is 15.5. The van der Waals surface area contributed by atoms with E-state index in [0.717, 1.165) is 72.4 Å². The van der Waals surface area contributed by atoms with E-state index in [4.69, 9.17) is 15.0 Å². The number of aromatic nitrogens is 5. The van der Waals surface area contributed by atoms with E-state index in [2.05, 4.69) is 158 Å². The van der Waals surface area contributed by atoms with Gasteiger partial charge in [-0.3, -0.25) is 0 Å². The third-order valence-corrected chi connectivity index (χ3v) is 13.2. The summed E-state index contributed by atoms with van der Waals surface area (Å²) in [6.07, 6.45) is 0. The minimum absolute atomic E-state index is 0.559. The third-order valence-electron chi connectivity index (χ3n) is 13.2. The Bertz CT molecular complexity index is 3840. The first-order chi connectivity index (χ1) is 33.3. The molecule has 0 aliphatic carbocycles. The highest BCUT2D eigenvalue weighted by atomic mass is 15.0. The number of fused-ring (bicyclic) bond motifs is 6. The molecule has 0 fully saturated rings. The lowest BCUT2D eigenvalue weighted by molar-refractivity contribution is 1.07. The number of aryl methyl sites for hydroxylation is 4. The van der Waals surface area contributed by atoms with E-state index in [0.29, 0.717) is 23.0 Å². The molecule has 322 valence electrons. The standard InChI is InChI=1S/C62H44N6/c1-38-18-25-55-50(30-38)51-31-39(2)19-26-56(51)67(55)47-23-24-48(62-65-60(43-13-7-5-8-14-43)64-61(66-62)44-15-9-6-10-16-44)49(36-47)54-35-46(45-17-11-12-42(34-45)37-63)22-29-59(54)68-57-27-20-40(3)32-52(57)53-33-41(4)21-28-58(53)68/h5-36H,1-4H3. The normalized spacial score (nSPS) is 11.5. The van der Waals surface area contributed by atoms with Crippen molar-refractivity contribution in [3.63, 3.8) is 0 Å². The molecule has 12 rings (SSSR count). The zero-order valence-electron chi connectivity index (χ0n) is 38.2. The Hall–Kier alpha value is -8.92. The molecule has 0 spiro atoms. The van der Waals surface area contributed by atoms with Gasteiger partial charge >= 0.3 is 0 Å². The van der Waals surface area contributed by atoms with E-state index in [1.807, 2.05) is 78.9 Å². The fourth-order valence-corrected chi connectivity index (χ4v) is 9.95. The van der Waals surface area contributed by atoms with Crippen LogP contribution in [-0.2, 0) is 0 Å². The number of benzene rings is 9. The quantitative estimate of drug-likeness (QED) is 0.160. The largest absolute Gasteiger partial charge is 0.309 e. The van der Waals surface area contributed by atoms with Crippen molar-refractivity contribution >= 4 is 43.6 Å². The highest BCUT2D eigenvalue weighted by molar-refractivity contribution is 6.11. The summed E-state index contributed by atoms with van der Waals surface area (Å²) in [6, 6.07) is 70.9. The second kappa shape index (κ2) is 16.2. The van der Waals surface area contributed by atoms with Crippen molar-refractivity contribution in [3.05, 3.63) is 222 Å². The van der Waals surface area contributed by atoms with Crippen LogP contribution in [0.1, 0.15) is 27.8 Å². The fourth-order valence-electron chi connectivity index (χ4n) is 9.95. The van der Waals surface area contributed by atoms with Gasteiger partial charge in [0.15, 0.2) is 17.5 Å². The van der Waals surface area contributed by atoms with Crippen LogP contribution in [0.3, 0.4) is 0 Å². The van der Waals surface area contributed by atoms with Crippen LogP contribution in [-0.4, -0.2) is 24.1 Å². The maximum absolute atomic E-state index is 10.0. The summed E-state index contributed by atoms with van der Waals surface area (Å²) in [5.74, 6) is 1.74. The van der Waals surface area contributed by atoms with Crippen LogP contribution in [0.2, 0.25) is 0 Å². The Kier molecular flexibility index (Phi) is 9.67. The third kappa shape index (κ3) is 6.92. The lowest BCUT2D eigenvalue weighted by atomic mass is 9.92. The van der Waals surface area contributed by atoms with Crippen LogP contribution in [0.25, 0.3) is 111 Å². The van der Waals surface area contributed by atoms with E-state index in [1.165, 1.54) is 43.8 Å². The van der Waals surface area contributed by atoms with Crippen LogP contribution < -0.4 is 0 Å². The summed E-state index contributed by atoms with van der Waals surface area (Å²) >= 11 is 0. The topological polar surface area (TPSA) is 72.3 Å². The summed E-state index contributed by atoms with van der Waals surface area (Å²) in [6.45, 7) is 8.63. The fraction of sp³-hybridized carbons (Fsp3) is 0.0645. The van der Waals surface area contributed by atoms with Crippen molar-refractivity contribution < 1.29 is 0 Å². The summed E-state index contributed by atoms with van der Waals surface area (Å²) in [7, 11) is 0. The number of hydrogen-bond acceptors (Lipinski definition) is 4. The van der Waals surface area contributed by atoms with E-state index in [1.54, 1.807) is 0 Å². The first-order valence-corrected chi connectivity index (χ1v) is 23.0. The van der Waals surface area contributed by atoms with Gasteiger partial charge in [-0.2, -0.15) is 5.26 Å². The highest BCUT2D eigenvalue weighted by Crippen LogP contribution is 2.44. The van der Waals surface area contributed by atoms with Gasteiger partial charge in [-0.25, -0.2) is 15.0 Å². The van der Waals surface area contributed by atoms with Crippen LogP contribution in [0.15, 0.2) is 194 Å². The smallest absolute Gasteiger partial charge is 0.164 e. The van der Waals surface area contributed by atoms with Crippen molar-refractivity contribution in [1.29, 1.82) is 5.26 Å².